The summed E-state index contributed by atoms with van der Waals surface area (Å²) in [6, 6.07) is 20.4. The molecule has 0 saturated carbocycles. The van der Waals surface area contributed by atoms with E-state index in [1.54, 1.807) is 24.5 Å². The van der Waals surface area contributed by atoms with E-state index in [-0.39, 0.29) is 12.2 Å². The highest BCUT2D eigenvalue weighted by molar-refractivity contribution is 9.10. The molecular formula is C27H21BrN2O4S. The minimum Gasteiger partial charge on any atom is -0.463 e. The second kappa shape index (κ2) is 9.64. The van der Waals surface area contributed by atoms with Crippen molar-refractivity contribution in [2.45, 2.75) is 19.9 Å². The first-order valence-corrected chi connectivity index (χ1v) is 12.7. The van der Waals surface area contributed by atoms with Gasteiger partial charge in [-0.25, -0.2) is 9.79 Å². The molecule has 176 valence electrons. The topological polar surface area (TPSA) is 73.8 Å². The second-order valence-electron chi connectivity index (χ2n) is 7.92. The number of fused-ring (bicyclic) bond motifs is 1. The van der Waals surface area contributed by atoms with E-state index in [2.05, 4.69) is 20.9 Å². The number of rotatable bonds is 5. The molecule has 1 aliphatic rings. The fourth-order valence-corrected chi connectivity index (χ4v) is 5.36. The number of furan rings is 1. The lowest BCUT2D eigenvalue weighted by Crippen LogP contribution is -2.39. The fraction of sp³-hybridized carbons (Fsp3) is 0.148. The molecule has 1 unspecified atom stereocenters. The van der Waals surface area contributed by atoms with Crippen molar-refractivity contribution >= 4 is 39.3 Å². The predicted molar refractivity (Wildman–Crippen MR) is 139 cm³/mol. The summed E-state index contributed by atoms with van der Waals surface area (Å²) in [7, 11) is 0. The maximum absolute atomic E-state index is 13.6. The zero-order chi connectivity index (χ0) is 24.5. The molecule has 2 aromatic carbocycles. The molecule has 8 heteroatoms. The number of halogens is 1. The smallest absolute Gasteiger partial charge is 0.338 e. The van der Waals surface area contributed by atoms with Gasteiger partial charge < -0.3 is 9.15 Å². The Hall–Kier alpha value is -3.49. The van der Waals surface area contributed by atoms with Gasteiger partial charge in [0, 0.05) is 16.1 Å². The van der Waals surface area contributed by atoms with Gasteiger partial charge in [0.2, 0.25) is 0 Å². The largest absolute Gasteiger partial charge is 0.463 e. The standard InChI is InChI=1S/C27H21BrN2O4S/c1-3-33-26(32)23-16(2)29-27-30(24(23)18-7-5-4-6-8-18)25(31)22(35-27)15-20-13-14-21(34-20)17-9-11-19(28)12-10-17/h4-15,24H,3H2,1-2H3/b22-15-. The van der Waals surface area contributed by atoms with Crippen LogP contribution in [0, 0.1) is 0 Å². The van der Waals surface area contributed by atoms with Crippen molar-refractivity contribution < 1.29 is 13.9 Å². The van der Waals surface area contributed by atoms with Crippen LogP contribution in [0.1, 0.15) is 31.2 Å². The van der Waals surface area contributed by atoms with E-state index in [0.29, 0.717) is 32.1 Å². The van der Waals surface area contributed by atoms with Gasteiger partial charge in [-0.15, -0.1) is 0 Å². The predicted octanol–water partition coefficient (Wildman–Crippen LogP) is 4.82. The quantitative estimate of drug-likeness (QED) is 0.335. The van der Waals surface area contributed by atoms with Crippen molar-refractivity contribution in [1.29, 1.82) is 0 Å². The molecule has 0 fully saturated rings. The first-order valence-electron chi connectivity index (χ1n) is 11.1. The monoisotopic (exact) mass is 548 g/mol. The lowest BCUT2D eigenvalue weighted by molar-refractivity contribution is -0.139. The number of aromatic nitrogens is 1. The molecule has 6 nitrogen and oxygen atoms in total. The third-order valence-electron chi connectivity index (χ3n) is 5.66. The van der Waals surface area contributed by atoms with Gasteiger partial charge in [0.1, 0.15) is 11.5 Å². The molecule has 0 bridgehead atoms. The Bertz CT molecular complexity index is 1610. The van der Waals surface area contributed by atoms with Crippen molar-refractivity contribution in [3.63, 3.8) is 0 Å². The third kappa shape index (κ3) is 4.47. The van der Waals surface area contributed by atoms with Crippen molar-refractivity contribution in [2.24, 2.45) is 4.99 Å². The third-order valence-corrected chi connectivity index (χ3v) is 7.17. The molecule has 0 saturated heterocycles. The van der Waals surface area contributed by atoms with E-state index in [9.17, 15) is 9.59 Å². The average Bonchev–Trinajstić information content (AvgIpc) is 3.44. The zero-order valence-corrected chi connectivity index (χ0v) is 21.4. The van der Waals surface area contributed by atoms with Crippen molar-refractivity contribution in [1.82, 2.24) is 4.57 Å². The van der Waals surface area contributed by atoms with E-state index in [0.717, 1.165) is 15.6 Å². The summed E-state index contributed by atoms with van der Waals surface area (Å²) in [5.41, 5.74) is 2.42. The first-order chi connectivity index (χ1) is 17.0. The van der Waals surface area contributed by atoms with Gasteiger partial charge >= 0.3 is 5.97 Å². The summed E-state index contributed by atoms with van der Waals surface area (Å²) in [6.07, 6.45) is 1.72. The van der Waals surface area contributed by atoms with Crippen LogP contribution < -0.4 is 14.9 Å². The highest BCUT2D eigenvalue weighted by Crippen LogP contribution is 2.30. The number of hydrogen-bond acceptors (Lipinski definition) is 6. The van der Waals surface area contributed by atoms with Gasteiger partial charge in [0.25, 0.3) is 5.56 Å². The molecule has 2 aromatic heterocycles. The number of hydrogen-bond donors (Lipinski definition) is 0. The Balaban J connectivity index is 1.62. The molecule has 35 heavy (non-hydrogen) atoms. The number of allylic oxidation sites excluding steroid dienone is 1. The summed E-state index contributed by atoms with van der Waals surface area (Å²) < 4.78 is 14.3. The second-order valence-corrected chi connectivity index (χ2v) is 9.85. The van der Waals surface area contributed by atoms with Crippen LogP contribution >= 0.6 is 27.3 Å². The Morgan fingerprint density at radius 3 is 2.60 bits per heavy atom. The van der Waals surface area contributed by atoms with Crippen LogP contribution in [0.5, 0.6) is 0 Å². The van der Waals surface area contributed by atoms with Crippen molar-refractivity contribution in [3.8, 4) is 11.3 Å². The lowest BCUT2D eigenvalue weighted by atomic mass is 9.96. The van der Waals surface area contributed by atoms with E-state index in [1.165, 1.54) is 11.3 Å². The Morgan fingerprint density at radius 1 is 1.14 bits per heavy atom. The van der Waals surface area contributed by atoms with E-state index >= 15 is 0 Å². The number of thiazole rings is 1. The lowest BCUT2D eigenvalue weighted by Gasteiger charge is -2.24. The van der Waals surface area contributed by atoms with Crippen LogP contribution in [0.15, 0.2) is 96.7 Å². The molecular weight excluding hydrogens is 528 g/mol. The summed E-state index contributed by atoms with van der Waals surface area (Å²) in [5, 5.41) is 0. The molecule has 1 aliphatic heterocycles. The number of ether oxygens (including phenoxy) is 1. The molecule has 3 heterocycles. The molecule has 0 radical (unpaired) electrons. The van der Waals surface area contributed by atoms with Crippen LogP contribution in [-0.2, 0) is 9.53 Å². The summed E-state index contributed by atoms with van der Waals surface area (Å²) in [5.74, 6) is 0.798. The molecule has 0 spiro atoms. The van der Waals surface area contributed by atoms with Crippen LogP contribution in [0.3, 0.4) is 0 Å². The number of benzene rings is 2. The molecule has 1 atom stereocenters. The summed E-state index contributed by atoms with van der Waals surface area (Å²) in [6.45, 7) is 3.77. The molecule has 0 aliphatic carbocycles. The van der Waals surface area contributed by atoms with Crippen LogP contribution in [0.2, 0.25) is 0 Å². The number of nitrogens with zero attached hydrogens (tertiary/aromatic N) is 2. The van der Waals surface area contributed by atoms with E-state index in [4.69, 9.17) is 9.15 Å². The minimum absolute atomic E-state index is 0.237. The zero-order valence-electron chi connectivity index (χ0n) is 19.0. The maximum atomic E-state index is 13.6. The Kier molecular flexibility index (Phi) is 6.40. The SMILES string of the molecule is CCOC(=O)C1=C(C)N=c2s/c(=C\c3ccc(-c4ccc(Br)cc4)o3)c(=O)n2C1c1ccccc1. The highest BCUT2D eigenvalue weighted by Gasteiger charge is 2.33. The van der Waals surface area contributed by atoms with Gasteiger partial charge in [-0.1, -0.05) is 69.7 Å². The molecule has 5 rings (SSSR count). The Labute approximate surface area is 213 Å². The number of carbonyl (C=O) groups excluding carboxylic acids is 1. The number of esters is 1. The van der Waals surface area contributed by atoms with Gasteiger partial charge in [-0.3, -0.25) is 9.36 Å². The van der Waals surface area contributed by atoms with Crippen LogP contribution in [0.4, 0.5) is 0 Å². The van der Waals surface area contributed by atoms with Gasteiger partial charge in [0.05, 0.1) is 28.5 Å². The van der Waals surface area contributed by atoms with Crippen molar-refractivity contribution in [2.75, 3.05) is 6.61 Å². The van der Waals surface area contributed by atoms with Crippen LogP contribution in [0.25, 0.3) is 17.4 Å². The van der Waals surface area contributed by atoms with Crippen LogP contribution in [-0.4, -0.2) is 17.1 Å². The van der Waals surface area contributed by atoms with Gasteiger partial charge in [-0.05, 0) is 43.7 Å². The van der Waals surface area contributed by atoms with Crippen molar-refractivity contribution in [3.05, 3.63) is 113 Å². The molecule has 0 N–H and O–H groups in total. The number of carbonyl (C=O) groups is 1. The van der Waals surface area contributed by atoms with E-state index < -0.39 is 12.0 Å². The van der Waals surface area contributed by atoms with Gasteiger partial charge in [-0.2, -0.15) is 0 Å². The summed E-state index contributed by atoms with van der Waals surface area (Å²) >= 11 is 4.71. The average molecular weight is 549 g/mol. The molecule has 4 aromatic rings. The summed E-state index contributed by atoms with van der Waals surface area (Å²) in [4.78, 5) is 31.6. The van der Waals surface area contributed by atoms with E-state index in [1.807, 2.05) is 66.7 Å². The first kappa shape index (κ1) is 23.3. The minimum atomic E-state index is -0.622. The normalized spacial score (nSPS) is 15.6. The van der Waals surface area contributed by atoms with Gasteiger partial charge in [0.15, 0.2) is 4.80 Å². The highest BCUT2D eigenvalue weighted by atomic mass is 79.9. The maximum Gasteiger partial charge on any atom is 0.338 e. The fourth-order valence-electron chi connectivity index (χ4n) is 4.07. The Morgan fingerprint density at radius 2 is 1.89 bits per heavy atom. The molecule has 0 amide bonds.